The summed E-state index contributed by atoms with van der Waals surface area (Å²) >= 11 is 0. The van der Waals surface area contributed by atoms with Crippen molar-refractivity contribution >= 4 is 16.6 Å². The molecule has 0 atom stereocenters. The minimum absolute atomic E-state index is 0.129. The highest BCUT2D eigenvalue weighted by molar-refractivity contribution is 5.86. The highest BCUT2D eigenvalue weighted by atomic mass is 16.3. The maximum absolute atomic E-state index is 9.45. The third kappa shape index (κ3) is 1.70. The van der Waals surface area contributed by atoms with Gasteiger partial charge in [-0.1, -0.05) is 0 Å². The van der Waals surface area contributed by atoms with Crippen LogP contribution in [0.25, 0.3) is 10.9 Å². The first-order valence-electron chi connectivity index (χ1n) is 4.94. The Morgan fingerprint density at radius 1 is 1.40 bits per heavy atom. The molecule has 4 nitrogen and oxygen atoms in total. The molecule has 2 aromatic rings. The third-order valence-corrected chi connectivity index (χ3v) is 2.24. The Morgan fingerprint density at radius 3 is 2.80 bits per heavy atom. The predicted octanol–water partition coefficient (Wildman–Crippen LogP) is 1.88. The Kier molecular flexibility index (Phi) is 2.19. The first kappa shape index (κ1) is 9.71. The molecule has 1 heterocycles. The molecule has 4 N–H and O–H groups in total. The Balaban J connectivity index is 2.54. The van der Waals surface area contributed by atoms with Crippen molar-refractivity contribution in [2.75, 3.05) is 11.2 Å². The Morgan fingerprint density at radius 2 is 2.13 bits per heavy atom. The van der Waals surface area contributed by atoms with Crippen molar-refractivity contribution in [1.82, 2.24) is 4.68 Å². The smallest absolute Gasteiger partial charge is 0.139 e. The fourth-order valence-electron chi connectivity index (χ4n) is 1.58. The van der Waals surface area contributed by atoms with Crippen LogP contribution in [0.4, 0.5) is 5.69 Å². The number of phenolic OH excluding ortho intramolecular Hbond substituents is 1. The van der Waals surface area contributed by atoms with E-state index in [1.807, 2.05) is 16.9 Å². The molecule has 0 saturated carbocycles. The second-order valence-corrected chi connectivity index (χ2v) is 3.94. The Hall–Kier alpha value is -1.84. The van der Waals surface area contributed by atoms with E-state index in [0.717, 1.165) is 10.9 Å². The van der Waals surface area contributed by atoms with Crippen LogP contribution >= 0.6 is 0 Å². The molecule has 0 aliphatic carbocycles. The molecule has 80 valence electrons. The summed E-state index contributed by atoms with van der Waals surface area (Å²) in [6.45, 7) is 4.13. The van der Waals surface area contributed by atoms with E-state index in [4.69, 9.17) is 5.73 Å². The van der Waals surface area contributed by atoms with Gasteiger partial charge in [0.2, 0.25) is 0 Å². The maximum Gasteiger partial charge on any atom is 0.139 e. The molecule has 0 bridgehead atoms. The standard InChI is InChI=1S/C11H15N3O/c1-7(2)13-14-4-3-8-5-11(15)9(12)6-10(8)14/h3-7,13,15H,12H2,1-2H3. The molecule has 0 aliphatic rings. The zero-order valence-electron chi connectivity index (χ0n) is 8.86. The number of phenols is 1. The first-order valence-corrected chi connectivity index (χ1v) is 4.94. The summed E-state index contributed by atoms with van der Waals surface area (Å²) in [4.78, 5) is 0. The van der Waals surface area contributed by atoms with Gasteiger partial charge in [0.15, 0.2) is 0 Å². The number of hydrogen-bond donors (Lipinski definition) is 3. The van der Waals surface area contributed by atoms with Crippen molar-refractivity contribution < 1.29 is 5.11 Å². The summed E-state index contributed by atoms with van der Waals surface area (Å²) in [5.74, 6) is 0.129. The predicted molar refractivity (Wildman–Crippen MR) is 62.5 cm³/mol. The van der Waals surface area contributed by atoms with Gasteiger partial charge in [-0.05, 0) is 32.0 Å². The monoisotopic (exact) mass is 205 g/mol. The number of hydrogen-bond acceptors (Lipinski definition) is 3. The lowest BCUT2D eigenvalue weighted by molar-refractivity contribution is 0.479. The maximum atomic E-state index is 9.45. The fraction of sp³-hybridized carbons (Fsp3) is 0.273. The van der Waals surface area contributed by atoms with Crippen LogP contribution in [0.15, 0.2) is 24.4 Å². The van der Waals surface area contributed by atoms with Crippen LogP contribution < -0.4 is 11.2 Å². The molecule has 0 fully saturated rings. The number of benzene rings is 1. The van der Waals surface area contributed by atoms with E-state index in [2.05, 4.69) is 19.3 Å². The second kappa shape index (κ2) is 3.38. The van der Waals surface area contributed by atoms with Gasteiger partial charge >= 0.3 is 0 Å². The van der Waals surface area contributed by atoms with E-state index >= 15 is 0 Å². The summed E-state index contributed by atoms with van der Waals surface area (Å²) in [5.41, 5.74) is 10.3. The van der Waals surface area contributed by atoms with Crippen LogP contribution in [-0.4, -0.2) is 15.8 Å². The lowest BCUT2D eigenvalue weighted by Gasteiger charge is -2.12. The zero-order chi connectivity index (χ0) is 11.0. The van der Waals surface area contributed by atoms with Gasteiger partial charge in [0.25, 0.3) is 0 Å². The van der Waals surface area contributed by atoms with Gasteiger partial charge in [0.1, 0.15) is 5.75 Å². The largest absolute Gasteiger partial charge is 0.506 e. The zero-order valence-corrected chi connectivity index (χ0v) is 8.86. The quantitative estimate of drug-likeness (QED) is 0.518. The van der Waals surface area contributed by atoms with Gasteiger partial charge in [-0.2, -0.15) is 0 Å². The van der Waals surface area contributed by atoms with Crippen LogP contribution in [0.3, 0.4) is 0 Å². The number of nitrogens with zero attached hydrogens (tertiary/aromatic N) is 1. The molecule has 15 heavy (non-hydrogen) atoms. The normalized spacial score (nSPS) is 11.1. The van der Waals surface area contributed by atoms with Gasteiger partial charge in [-0.15, -0.1) is 0 Å². The van der Waals surface area contributed by atoms with Gasteiger partial charge in [-0.3, -0.25) is 4.68 Å². The highest BCUT2D eigenvalue weighted by Crippen LogP contribution is 2.27. The molecule has 1 aromatic carbocycles. The van der Waals surface area contributed by atoms with Crippen molar-refractivity contribution in [3.05, 3.63) is 24.4 Å². The summed E-state index contributed by atoms with van der Waals surface area (Å²) in [6, 6.07) is 5.71. The van der Waals surface area contributed by atoms with Crippen LogP contribution in [0.1, 0.15) is 13.8 Å². The van der Waals surface area contributed by atoms with Gasteiger partial charge in [0, 0.05) is 17.6 Å². The van der Waals surface area contributed by atoms with Crippen LogP contribution in [0.5, 0.6) is 5.75 Å². The fourth-order valence-corrected chi connectivity index (χ4v) is 1.58. The number of anilines is 1. The average Bonchev–Trinajstić information content (AvgIpc) is 2.49. The van der Waals surface area contributed by atoms with Crippen molar-refractivity contribution in [2.24, 2.45) is 0 Å². The van der Waals surface area contributed by atoms with E-state index in [-0.39, 0.29) is 5.75 Å². The van der Waals surface area contributed by atoms with Gasteiger partial charge in [0.05, 0.1) is 11.2 Å². The Bertz CT molecular complexity index is 488. The van der Waals surface area contributed by atoms with Crippen molar-refractivity contribution in [3.63, 3.8) is 0 Å². The third-order valence-electron chi connectivity index (χ3n) is 2.24. The molecule has 0 unspecified atom stereocenters. The van der Waals surface area contributed by atoms with E-state index in [9.17, 15) is 5.11 Å². The molecule has 4 heteroatoms. The molecule has 2 rings (SSSR count). The number of aromatic hydroxyl groups is 1. The van der Waals surface area contributed by atoms with Crippen molar-refractivity contribution in [1.29, 1.82) is 0 Å². The van der Waals surface area contributed by atoms with E-state index in [0.29, 0.717) is 11.7 Å². The average molecular weight is 205 g/mol. The van der Waals surface area contributed by atoms with E-state index < -0.39 is 0 Å². The van der Waals surface area contributed by atoms with Crippen molar-refractivity contribution in [2.45, 2.75) is 19.9 Å². The number of nitrogens with one attached hydrogen (secondary N) is 1. The minimum Gasteiger partial charge on any atom is -0.506 e. The summed E-state index contributed by atoms with van der Waals surface area (Å²) < 4.78 is 1.91. The molecule has 0 aliphatic heterocycles. The number of nitrogens with two attached hydrogens (primary N) is 1. The topological polar surface area (TPSA) is 63.2 Å². The highest BCUT2D eigenvalue weighted by Gasteiger charge is 2.05. The van der Waals surface area contributed by atoms with Crippen LogP contribution in [0, 0.1) is 0 Å². The SMILES string of the molecule is CC(C)Nn1ccc2cc(O)c(N)cc21. The van der Waals surface area contributed by atoms with Gasteiger partial charge in [-0.25, -0.2) is 0 Å². The van der Waals surface area contributed by atoms with Gasteiger partial charge < -0.3 is 16.3 Å². The lowest BCUT2D eigenvalue weighted by atomic mass is 10.2. The Labute approximate surface area is 88.3 Å². The number of nitrogen functional groups attached to an aromatic ring is 1. The van der Waals surface area contributed by atoms with Crippen LogP contribution in [-0.2, 0) is 0 Å². The van der Waals surface area contributed by atoms with Crippen molar-refractivity contribution in [3.8, 4) is 5.75 Å². The molecule has 0 amide bonds. The number of fused-ring (bicyclic) bond motifs is 1. The van der Waals surface area contributed by atoms with E-state index in [1.165, 1.54) is 0 Å². The number of aromatic nitrogens is 1. The molecular formula is C11H15N3O. The van der Waals surface area contributed by atoms with Crippen LogP contribution in [0.2, 0.25) is 0 Å². The summed E-state index contributed by atoms with van der Waals surface area (Å²) in [6.07, 6.45) is 1.92. The molecule has 0 spiro atoms. The molecule has 0 saturated heterocycles. The number of rotatable bonds is 2. The molecule has 0 radical (unpaired) electrons. The first-order chi connectivity index (χ1) is 7.08. The second-order valence-electron chi connectivity index (χ2n) is 3.94. The lowest BCUT2D eigenvalue weighted by Crippen LogP contribution is -2.20. The summed E-state index contributed by atoms with van der Waals surface area (Å²) in [5, 5.41) is 10.4. The van der Waals surface area contributed by atoms with E-state index in [1.54, 1.807) is 12.1 Å². The molecule has 1 aromatic heterocycles. The molecular weight excluding hydrogens is 190 g/mol. The minimum atomic E-state index is 0.129. The summed E-state index contributed by atoms with van der Waals surface area (Å²) in [7, 11) is 0.